The van der Waals surface area contributed by atoms with Crippen LogP contribution in [0.4, 0.5) is 26.3 Å². The van der Waals surface area contributed by atoms with Crippen LogP contribution < -0.4 is 0 Å². The van der Waals surface area contributed by atoms with E-state index in [2.05, 4.69) is 4.74 Å². The zero-order valence-corrected chi connectivity index (χ0v) is 9.34. The van der Waals surface area contributed by atoms with Crippen LogP contribution in [0.25, 0.3) is 0 Å². The quantitative estimate of drug-likeness (QED) is 0.720. The molecule has 104 valence electrons. The maximum absolute atomic E-state index is 11.9. The van der Waals surface area contributed by atoms with Gasteiger partial charge in [0.2, 0.25) is 0 Å². The van der Waals surface area contributed by atoms with Gasteiger partial charge in [0.15, 0.2) is 0 Å². The van der Waals surface area contributed by atoms with Gasteiger partial charge in [-0.2, -0.15) is 26.3 Å². The molecule has 0 aliphatic carbocycles. The van der Waals surface area contributed by atoms with Gasteiger partial charge >= 0.3 is 11.0 Å². The maximum Gasteiger partial charge on any atom is 0.501 e. The first-order valence-electron chi connectivity index (χ1n) is 3.32. The Morgan fingerprint density at radius 1 is 0.824 bits per heavy atom. The summed E-state index contributed by atoms with van der Waals surface area (Å²) in [6.07, 6.45) is 0. The zero-order valence-electron chi connectivity index (χ0n) is 7.70. The van der Waals surface area contributed by atoms with Crippen molar-refractivity contribution >= 4 is 19.7 Å². The lowest BCUT2D eigenvalue weighted by Crippen LogP contribution is -2.45. The van der Waals surface area contributed by atoms with Crippen LogP contribution in [0.5, 0.6) is 0 Å². The van der Waals surface area contributed by atoms with Crippen LogP contribution in [0.3, 0.4) is 0 Å². The number of methoxy groups -OCH3 is 1. The van der Waals surface area contributed by atoms with Gasteiger partial charge in [-0.3, -0.25) is 0 Å². The Hall–Kier alpha value is -0.560. The third-order valence-corrected chi connectivity index (χ3v) is 5.55. The second-order valence-electron chi connectivity index (χ2n) is 2.51. The number of hydrogen-bond donors (Lipinski definition) is 0. The summed E-state index contributed by atoms with van der Waals surface area (Å²) in [5.41, 5.74) is -12.4. The third-order valence-electron chi connectivity index (χ3n) is 1.34. The molecule has 0 aliphatic heterocycles. The van der Waals surface area contributed by atoms with Crippen LogP contribution in [0.1, 0.15) is 0 Å². The van der Waals surface area contributed by atoms with Crippen molar-refractivity contribution in [2.24, 2.45) is 0 Å². The minimum atomic E-state index is -6.66. The van der Waals surface area contributed by atoms with Crippen molar-refractivity contribution in [2.75, 3.05) is 7.11 Å². The molecule has 0 spiro atoms. The van der Waals surface area contributed by atoms with E-state index in [4.69, 9.17) is 0 Å². The highest BCUT2D eigenvalue weighted by Crippen LogP contribution is 2.36. The van der Waals surface area contributed by atoms with Crippen LogP contribution in [0, 0.1) is 0 Å². The molecule has 0 heterocycles. The summed E-state index contributed by atoms with van der Waals surface area (Å²) < 4.78 is 113. The SMILES string of the molecule is COC(S(=O)(=O)C(F)(F)F)S(=O)(=O)C(F)(F)F. The van der Waals surface area contributed by atoms with E-state index >= 15 is 0 Å². The molecule has 0 unspecified atom stereocenters. The molecule has 0 rings (SSSR count). The van der Waals surface area contributed by atoms with E-state index in [1.807, 2.05) is 0 Å². The Kier molecular flexibility index (Phi) is 4.13. The van der Waals surface area contributed by atoms with Gasteiger partial charge in [-0.15, -0.1) is 0 Å². The van der Waals surface area contributed by atoms with Crippen LogP contribution in [0.2, 0.25) is 0 Å². The highest BCUT2D eigenvalue weighted by Gasteiger charge is 2.63. The number of sulfone groups is 2. The Bertz CT molecular complexity index is 426. The van der Waals surface area contributed by atoms with Crippen molar-refractivity contribution in [3.05, 3.63) is 0 Å². The van der Waals surface area contributed by atoms with Gasteiger partial charge in [-0.05, 0) is 0 Å². The zero-order chi connectivity index (χ0) is 14.3. The van der Waals surface area contributed by atoms with Crippen LogP contribution in [-0.4, -0.2) is 39.7 Å². The first-order chi connectivity index (χ1) is 7.19. The fourth-order valence-corrected chi connectivity index (χ4v) is 3.57. The third kappa shape index (κ3) is 2.82. The Morgan fingerprint density at radius 3 is 1.18 bits per heavy atom. The molecule has 0 aromatic carbocycles. The Labute approximate surface area is 91.2 Å². The molecule has 0 N–H and O–H groups in total. The lowest BCUT2D eigenvalue weighted by molar-refractivity contribution is -0.0525. The molecule has 0 saturated carbocycles. The van der Waals surface area contributed by atoms with Crippen LogP contribution in [0.15, 0.2) is 0 Å². The van der Waals surface area contributed by atoms with E-state index in [1.165, 1.54) is 0 Å². The molecule has 0 bridgehead atoms. The maximum atomic E-state index is 11.9. The number of hydrogen-bond acceptors (Lipinski definition) is 5. The number of halogens is 6. The fraction of sp³-hybridized carbons (Fsp3) is 1.00. The average molecular weight is 310 g/mol. The molecule has 0 aromatic heterocycles. The molecule has 0 aromatic rings. The molecule has 17 heavy (non-hydrogen) atoms. The van der Waals surface area contributed by atoms with Gasteiger partial charge in [0.25, 0.3) is 24.4 Å². The largest absolute Gasteiger partial charge is 0.501 e. The molecule has 0 saturated heterocycles. The van der Waals surface area contributed by atoms with Gasteiger partial charge in [-0.1, -0.05) is 0 Å². The van der Waals surface area contributed by atoms with Crippen molar-refractivity contribution in [2.45, 2.75) is 15.8 Å². The molecule has 0 amide bonds. The van der Waals surface area contributed by atoms with Crippen molar-refractivity contribution in [3.63, 3.8) is 0 Å². The highest BCUT2D eigenvalue weighted by molar-refractivity contribution is 8.09. The highest BCUT2D eigenvalue weighted by atomic mass is 32.3. The smallest absolute Gasteiger partial charge is 0.352 e. The van der Waals surface area contributed by atoms with E-state index in [-0.39, 0.29) is 7.11 Å². The lowest BCUT2D eigenvalue weighted by atomic mass is 11.5. The van der Waals surface area contributed by atoms with E-state index in [1.54, 1.807) is 0 Å². The average Bonchev–Trinajstić information content (AvgIpc) is 1.99. The summed E-state index contributed by atoms with van der Waals surface area (Å²) in [6.45, 7) is 0. The summed E-state index contributed by atoms with van der Waals surface area (Å²) in [6, 6.07) is 0. The summed E-state index contributed by atoms with van der Waals surface area (Å²) in [4.78, 5) is 0. The topological polar surface area (TPSA) is 77.5 Å². The van der Waals surface area contributed by atoms with Gasteiger partial charge in [0, 0.05) is 7.11 Å². The normalized spacial score (nSPS) is 15.3. The molecular formula is C4H4F6O5S2. The minimum absolute atomic E-state index is 0.0945. The van der Waals surface area contributed by atoms with E-state index < -0.39 is 35.5 Å². The van der Waals surface area contributed by atoms with Crippen molar-refractivity contribution in [3.8, 4) is 0 Å². The van der Waals surface area contributed by atoms with Gasteiger partial charge in [0.05, 0.1) is 0 Å². The van der Waals surface area contributed by atoms with Gasteiger partial charge in [0.1, 0.15) is 0 Å². The monoisotopic (exact) mass is 310 g/mol. The molecule has 13 heteroatoms. The summed E-state index contributed by atoms with van der Waals surface area (Å²) in [5, 5.41) is 0. The van der Waals surface area contributed by atoms with E-state index in [9.17, 15) is 43.2 Å². The molecule has 0 radical (unpaired) electrons. The predicted octanol–water partition coefficient (Wildman–Crippen LogP) is 0.786. The molecule has 0 fully saturated rings. The number of ether oxygens (including phenoxy) is 1. The van der Waals surface area contributed by atoms with Crippen LogP contribution >= 0.6 is 0 Å². The van der Waals surface area contributed by atoms with Gasteiger partial charge < -0.3 is 4.74 Å². The number of rotatable bonds is 3. The predicted molar refractivity (Wildman–Crippen MR) is 40.7 cm³/mol. The first-order valence-corrected chi connectivity index (χ1v) is 6.42. The molecule has 5 nitrogen and oxygen atoms in total. The van der Waals surface area contributed by atoms with Crippen LogP contribution in [-0.2, 0) is 24.4 Å². The summed E-state index contributed by atoms with van der Waals surface area (Å²) in [7, 11) is -13.2. The second-order valence-corrected chi connectivity index (χ2v) is 6.77. The van der Waals surface area contributed by atoms with E-state index in [0.717, 1.165) is 0 Å². The second kappa shape index (κ2) is 4.28. The Morgan fingerprint density at radius 2 is 1.06 bits per heavy atom. The van der Waals surface area contributed by atoms with Crippen molar-refractivity contribution < 1.29 is 47.9 Å². The summed E-state index contributed by atoms with van der Waals surface area (Å²) in [5.74, 6) is 0. The van der Waals surface area contributed by atoms with E-state index in [0.29, 0.717) is 0 Å². The van der Waals surface area contributed by atoms with Crippen molar-refractivity contribution in [1.82, 2.24) is 0 Å². The molecular weight excluding hydrogens is 306 g/mol. The standard InChI is InChI=1S/C4H4F6O5S2/c1-15-2(16(11,12)3(5,6)7)17(13,14)4(8,9)10/h2H,1H3. The van der Waals surface area contributed by atoms with Crippen molar-refractivity contribution in [1.29, 1.82) is 0 Å². The minimum Gasteiger partial charge on any atom is -0.352 e. The van der Waals surface area contributed by atoms with Gasteiger partial charge in [-0.25, -0.2) is 16.8 Å². The summed E-state index contributed by atoms with van der Waals surface area (Å²) >= 11 is 0. The molecule has 0 aliphatic rings. The number of alkyl halides is 6. The first kappa shape index (κ1) is 16.4. The Balaban J connectivity index is 5.90. The fourth-order valence-electron chi connectivity index (χ4n) is 0.638. The molecule has 0 atom stereocenters. The lowest BCUT2D eigenvalue weighted by Gasteiger charge is -2.19.